The highest BCUT2D eigenvalue weighted by atomic mass is 32.1. The first-order chi connectivity index (χ1) is 11.7. The van der Waals surface area contributed by atoms with Crippen molar-refractivity contribution < 1.29 is 4.79 Å². The van der Waals surface area contributed by atoms with Crippen LogP contribution in [0.15, 0.2) is 66.2 Å². The maximum Gasteiger partial charge on any atom is 0.217 e. The fraction of sp³-hybridized carbons (Fsp3) is 0.158. The van der Waals surface area contributed by atoms with E-state index in [4.69, 9.17) is 5.73 Å². The van der Waals surface area contributed by atoms with Gasteiger partial charge >= 0.3 is 0 Å². The Kier molecular flexibility index (Phi) is 7.52. The topological polar surface area (TPSA) is 56.0 Å². The number of benzene rings is 2. The Labute approximate surface area is 152 Å². The minimum Gasteiger partial charge on any atom is -0.370 e. The molecule has 1 amide bonds. The van der Waals surface area contributed by atoms with Gasteiger partial charge < -0.3 is 5.73 Å². The number of thiazole rings is 1. The van der Waals surface area contributed by atoms with Gasteiger partial charge in [0.15, 0.2) is 0 Å². The van der Waals surface area contributed by atoms with Crippen LogP contribution in [0.4, 0.5) is 0 Å². The highest BCUT2D eigenvalue weighted by molar-refractivity contribution is 7.80. The van der Waals surface area contributed by atoms with Crippen LogP contribution in [0, 0.1) is 0 Å². The predicted molar refractivity (Wildman–Crippen MR) is 105 cm³/mol. The summed E-state index contributed by atoms with van der Waals surface area (Å²) in [6, 6.07) is 20.7. The molecule has 0 bridgehead atoms. The molecule has 0 aliphatic rings. The fourth-order valence-electron chi connectivity index (χ4n) is 2.10. The van der Waals surface area contributed by atoms with E-state index >= 15 is 0 Å². The van der Waals surface area contributed by atoms with Gasteiger partial charge in [-0.1, -0.05) is 60.7 Å². The lowest BCUT2D eigenvalue weighted by Gasteiger charge is -2.02. The summed E-state index contributed by atoms with van der Waals surface area (Å²) in [7, 11) is 0. The summed E-state index contributed by atoms with van der Waals surface area (Å²) < 4.78 is 0. The fourth-order valence-corrected chi connectivity index (χ4v) is 3.07. The first kappa shape index (κ1) is 18.2. The molecule has 0 spiro atoms. The van der Waals surface area contributed by atoms with Crippen LogP contribution in [0.2, 0.25) is 0 Å². The lowest BCUT2D eigenvalue weighted by Crippen LogP contribution is -2.09. The number of hydrogen-bond donors (Lipinski definition) is 2. The number of rotatable bonds is 5. The van der Waals surface area contributed by atoms with Crippen LogP contribution in [0.25, 0.3) is 21.7 Å². The van der Waals surface area contributed by atoms with E-state index in [1.807, 2.05) is 29.8 Å². The number of primary amides is 1. The van der Waals surface area contributed by atoms with E-state index in [0.717, 1.165) is 17.9 Å². The van der Waals surface area contributed by atoms with Gasteiger partial charge in [0, 0.05) is 12.0 Å². The Morgan fingerprint density at radius 3 is 2.08 bits per heavy atom. The maximum atomic E-state index is 9.95. The Morgan fingerprint density at radius 2 is 1.58 bits per heavy atom. The van der Waals surface area contributed by atoms with Crippen LogP contribution >= 0.6 is 24.0 Å². The summed E-state index contributed by atoms with van der Waals surface area (Å²) in [5.74, 6) is 0.497. The third kappa shape index (κ3) is 5.51. The molecule has 3 nitrogen and oxygen atoms in total. The predicted octanol–water partition coefficient (Wildman–Crippen LogP) is 4.66. The van der Waals surface area contributed by atoms with Gasteiger partial charge in [0.05, 0.1) is 16.1 Å². The highest BCUT2D eigenvalue weighted by Crippen LogP contribution is 2.34. The Hall–Kier alpha value is -2.11. The summed E-state index contributed by atoms with van der Waals surface area (Å²) in [6.07, 6.45) is 1.25. The van der Waals surface area contributed by atoms with E-state index in [1.54, 1.807) is 11.3 Å². The Bertz CT molecular complexity index is 688. The zero-order valence-corrected chi connectivity index (χ0v) is 15.0. The van der Waals surface area contributed by atoms with Crippen molar-refractivity contribution in [1.82, 2.24) is 4.98 Å². The largest absolute Gasteiger partial charge is 0.370 e. The third-order valence-electron chi connectivity index (χ3n) is 3.23. The van der Waals surface area contributed by atoms with Gasteiger partial charge in [-0.05, 0) is 17.7 Å². The Morgan fingerprint density at radius 1 is 1.00 bits per heavy atom. The summed E-state index contributed by atoms with van der Waals surface area (Å²) in [4.78, 5) is 15.7. The SMILES string of the molecule is NC(=O)CCCS.c1ccc(-c2ncsc2-c2ccccc2)cc1. The first-order valence-electron chi connectivity index (χ1n) is 7.66. The molecule has 3 rings (SSSR count). The van der Waals surface area contributed by atoms with E-state index in [2.05, 4.69) is 54.0 Å². The molecule has 124 valence electrons. The van der Waals surface area contributed by atoms with Crippen molar-refractivity contribution in [3.8, 4) is 21.7 Å². The smallest absolute Gasteiger partial charge is 0.217 e. The van der Waals surface area contributed by atoms with Crippen molar-refractivity contribution in [3.63, 3.8) is 0 Å². The van der Waals surface area contributed by atoms with Crippen LogP contribution in [-0.4, -0.2) is 16.6 Å². The van der Waals surface area contributed by atoms with Crippen molar-refractivity contribution in [2.75, 3.05) is 5.75 Å². The van der Waals surface area contributed by atoms with Crippen LogP contribution in [0.3, 0.4) is 0 Å². The van der Waals surface area contributed by atoms with Gasteiger partial charge in [0.1, 0.15) is 0 Å². The number of amides is 1. The van der Waals surface area contributed by atoms with Crippen LogP contribution in [0.1, 0.15) is 12.8 Å². The van der Waals surface area contributed by atoms with E-state index < -0.39 is 0 Å². The average molecular weight is 357 g/mol. The lowest BCUT2D eigenvalue weighted by atomic mass is 10.1. The lowest BCUT2D eigenvalue weighted by molar-refractivity contribution is -0.118. The van der Waals surface area contributed by atoms with Gasteiger partial charge in [-0.3, -0.25) is 4.79 Å². The standard InChI is InChI=1S/C15H11NS.C4H9NOS/c1-3-7-12(8-4-1)14-15(17-11-16-14)13-9-5-2-6-10-13;5-4(6)2-1-3-7/h1-11H;7H,1-3H2,(H2,5,6). The van der Waals surface area contributed by atoms with Crippen molar-refractivity contribution in [3.05, 3.63) is 66.2 Å². The molecule has 2 N–H and O–H groups in total. The second-order valence-corrected chi connectivity index (χ2v) is 6.36. The van der Waals surface area contributed by atoms with Crippen molar-refractivity contribution in [1.29, 1.82) is 0 Å². The van der Waals surface area contributed by atoms with Gasteiger partial charge in [0.25, 0.3) is 0 Å². The molecule has 0 saturated heterocycles. The Balaban J connectivity index is 0.000000256. The molecule has 2 aromatic carbocycles. The van der Waals surface area contributed by atoms with Crippen LogP contribution in [0.5, 0.6) is 0 Å². The number of nitrogens with two attached hydrogens (primary N) is 1. The second-order valence-electron chi connectivity index (χ2n) is 5.06. The summed E-state index contributed by atoms with van der Waals surface area (Å²) in [5.41, 5.74) is 10.2. The quantitative estimate of drug-likeness (QED) is 0.653. The second kappa shape index (κ2) is 9.90. The summed E-state index contributed by atoms with van der Waals surface area (Å²) in [6.45, 7) is 0. The molecule has 0 aliphatic heterocycles. The zero-order valence-electron chi connectivity index (χ0n) is 13.3. The number of aromatic nitrogens is 1. The van der Waals surface area contributed by atoms with E-state index in [9.17, 15) is 4.79 Å². The normalized spacial score (nSPS) is 9.88. The van der Waals surface area contributed by atoms with Gasteiger partial charge in [-0.25, -0.2) is 4.98 Å². The van der Waals surface area contributed by atoms with Crippen LogP contribution in [-0.2, 0) is 4.79 Å². The van der Waals surface area contributed by atoms with Crippen molar-refractivity contribution in [2.24, 2.45) is 5.73 Å². The number of carbonyl (C=O) groups is 1. The van der Waals surface area contributed by atoms with Crippen molar-refractivity contribution in [2.45, 2.75) is 12.8 Å². The molecule has 0 aliphatic carbocycles. The molecule has 3 aromatic rings. The number of hydrogen-bond acceptors (Lipinski definition) is 4. The number of thiol groups is 1. The average Bonchev–Trinajstić information content (AvgIpc) is 3.12. The molecule has 0 radical (unpaired) electrons. The minimum atomic E-state index is -0.242. The first-order valence-corrected chi connectivity index (χ1v) is 9.17. The molecule has 1 heterocycles. The van der Waals surface area contributed by atoms with E-state index in [1.165, 1.54) is 16.0 Å². The van der Waals surface area contributed by atoms with Gasteiger partial charge in [-0.2, -0.15) is 12.6 Å². The zero-order chi connectivity index (χ0) is 17.2. The molecule has 0 saturated carbocycles. The monoisotopic (exact) mass is 356 g/mol. The van der Waals surface area contributed by atoms with Gasteiger partial charge in [-0.15, -0.1) is 11.3 Å². The number of nitrogens with zero attached hydrogens (tertiary/aromatic N) is 1. The molecule has 0 atom stereocenters. The van der Waals surface area contributed by atoms with E-state index in [0.29, 0.717) is 6.42 Å². The van der Waals surface area contributed by atoms with Gasteiger partial charge in [0.2, 0.25) is 5.91 Å². The third-order valence-corrected chi connectivity index (χ3v) is 4.42. The molecule has 0 unspecified atom stereocenters. The summed E-state index contributed by atoms with van der Waals surface area (Å²) >= 11 is 5.57. The maximum absolute atomic E-state index is 9.95. The molecule has 5 heteroatoms. The minimum absolute atomic E-state index is 0.242. The van der Waals surface area contributed by atoms with Crippen LogP contribution < -0.4 is 5.73 Å². The van der Waals surface area contributed by atoms with E-state index in [-0.39, 0.29) is 5.91 Å². The molecular weight excluding hydrogens is 336 g/mol. The highest BCUT2D eigenvalue weighted by Gasteiger charge is 2.09. The molecule has 0 fully saturated rings. The van der Waals surface area contributed by atoms with Crippen molar-refractivity contribution >= 4 is 29.9 Å². The number of carbonyl (C=O) groups excluding carboxylic acids is 1. The molecular formula is C19H20N2OS2. The summed E-state index contributed by atoms with van der Waals surface area (Å²) in [5, 5.41) is 0. The molecule has 24 heavy (non-hydrogen) atoms. The molecule has 1 aromatic heterocycles.